The van der Waals surface area contributed by atoms with Gasteiger partial charge in [-0.2, -0.15) is 13.2 Å². The van der Waals surface area contributed by atoms with Crippen molar-refractivity contribution in [3.8, 4) is 0 Å². The minimum Gasteiger partial charge on any atom is -0.358 e. The number of likely N-dealkylation sites (tertiary alicyclic amines) is 1. The first kappa shape index (κ1) is 27.4. The second-order valence-corrected chi connectivity index (χ2v) is 11.2. The first-order chi connectivity index (χ1) is 17.2. The van der Waals surface area contributed by atoms with Crippen LogP contribution in [0, 0.1) is 0 Å². The number of benzene rings is 1. The number of hydrogen-bond donors (Lipinski definition) is 3. The highest BCUT2D eigenvalue weighted by Gasteiger charge is 2.42. The number of hydrogen-bond acceptors (Lipinski definition) is 6. The largest absolute Gasteiger partial charge is 0.416 e. The van der Waals surface area contributed by atoms with E-state index in [9.17, 15) is 22.8 Å². The highest BCUT2D eigenvalue weighted by molar-refractivity contribution is 6.28. The van der Waals surface area contributed by atoms with Gasteiger partial charge in [0.05, 0.1) is 23.2 Å². The molecule has 2 aromatic rings. The molecular weight excluding hydrogens is 509 g/mol. The maximum absolute atomic E-state index is 13.5. The number of aromatic nitrogens is 2. The molecule has 1 saturated heterocycles. The van der Waals surface area contributed by atoms with Crippen LogP contribution in [0.2, 0.25) is 5.28 Å². The summed E-state index contributed by atoms with van der Waals surface area (Å²) < 4.78 is 39.9. The van der Waals surface area contributed by atoms with Crippen LogP contribution in [0.5, 0.6) is 0 Å². The predicted octanol–water partition coefficient (Wildman–Crippen LogP) is 4.13. The van der Waals surface area contributed by atoms with Crippen molar-refractivity contribution < 1.29 is 22.8 Å². The van der Waals surface area contributed by atoms with Crippen molar-refractivity contribution in [1.29, 1.82) is 0 Å². The molecule has 4 rings (SSSR count). The number of fused-ring (bicyclic) bond motifs is 1. The van der Waals surface area contributed by atoms with Crippen molar-refractivity contribution in [3.63, 3.8) is 0 Å². The summed E-state index contributed by atoms with van der Waals surface area (Å²) in [6, 6.07) is 2.26. The second kappa shape index (κ2) is 10.2. The molecule has 4 atom stereocenters. The third-order valence-electron chi connectivity index (χ3n) is 6.79. The van der Waals surface area contributed by atoms with Crippen LogP contribution in [0.15, 0.2) is 18.2 Å². The first-order valence-corrected chi connectivity index (χ1v) is 12.8. The summed E-state index contributed by atoms with van der Waals surface area (Å²) >= 11 is 6.03. The molecule has 8 nitrogen and oxygen atoms in total. The number of carbonyl (C=O) groups excluding carboxylic acids is 2. The van der Waals surface area contributed by atoms with E-state index in [-0.39, 0.29) is 57.5 Å². The van der Waals surface area contributed by atoms with Gasteiger partial charge in [0.15, 0.2) is 0 Å². The van der Waals surface area contributed by atoms with Crippen LogP contribution in [0.1, 0.15) is 58.9 Å². The molecular formula is C25H32ClF3N6O2. The van der Waals surface area contributed by atoms with Gasteiger partial charge in [0.1, 0.15) is 11.9 Å². The van der Waals surface area contributed by atoms with Gasteiger partial charge in [-0.3, -0.25) is 9.59 Å². The molecule has 202 valence electrons. The van der Waals surface area contributed by atoms with Crippen LogP contribution in [0.4, 0.5) is 19.0 Å². The number of anilines is 1. The molecule has 0 spiro atoms. The molecule has 2 fully saturated rings. The number of alkyl halides is 3. The lowest BCUT2D eigenvalue weighted by molar-refractivity contribution is -0.137. The molecule has 2 aliphatic rings. The van der Waals surface area contributed by atoms with E-state index in [4.69, 9.17) is 11.6 Å². The van der Waals surface area contributed by atoms with Crippen molar-refractivity contribution in [2.24, 2.45) is 0 Å². The molecule has 0 unspecified atom stereocenters. The smallest absolute Gasteiger partial charge is 0.358 e. The van der Waals surface area contributed by atoms with Gasteiger partial charge in [-0.15, -0.1) is 0 Å². The zero-order valence-corrected chi connectivity index (χ0v) is 22.0. The number of halogens is 4. The standard InChI is InChI=1S/C25H32ClF3N6O2/c1-13(36)30-19-12-15(34-24(2,3)4)6-8-20(19)35-10-9-18(22(35)37)31-21-16-11-14(25(27,28)29)5-7-17(16)32-23(26)33-21/h5,7,11,15,18-20,34H,6,8-10,12H2,1-4H3,(H,30,36)(H,31,32,33)/t15-,18+,19-,20+/m1/s1. The van der Waals surface area contributed by atoms with Crippen LogP contribution < -0.4 is 16.0 Å². The van der Waals surface area contributed by atoms with E-state index in [1.165, 1.54) is 13.0 Å². The van der Waals surface area contributed by atoms with E-state index in [2.05, 4.69) is 46.7 Å². The summed E-state index contributed by atoms with van der Waals surface area (Å²) in [5.41, 5.74) is -0.676. The average molecular weight is 541 g/mol. The van der Waals surface area contributed by atoms with Crippen molar-refractivity contribution in [3.05, 3.63) is 29.0 Å². The maximum atomic E-state index is 13.5. The molecule has 0 radical (unpaired) electrons. The summed E-state index contributed by atoms with van der Waals surface area (Å²) in [4.78, 5) is 35.3. The van der Waals surface area contributed by atoms with Gasteiger partial charge in [0.25, 0.3) is 0 Å². The van der Waals surface area contributed by atoms with Crippen LogP contribution in [-0.2, 0) is 15.8 Å². The summed E-state index contributed by atoms with van der Waals surface area (Å²) in [7, 11) is 0. The van der Waals surface area contributed by atoms with Crippen molar-refractivity contribution >= 4 is 40.1 Å². The van der Waals surface area contributed by atoms with Crippen molar-refractivity contribution in [2.75, 3.05) is 11.9 Å². The zero-order valence-electron chi connectivity index (χ0n) is 21.2. The van der Waals surface area contributed by atoms with E-state index < -0.39 is 17.8 Å². The number of rotatable bonds is 5. The Hall–Kier alpha value is -2.66. The molecule has 2 heterocycles. The lowest BCUT2D eigenvalue weighted by Gasteiger charge is -2.43. The average Bonchev–Trinajstić information content (AvgIpc) is 3.11. The molecule has 1 aliphatic heterocycles. The Labute approximate surface area is 218 Å². The molecule has 3 N–H and O–H groups in total. The van der Waals surface area contributed by atoms with Gasteiger partial charge < -0.3 is 20.9 Å². The van der Waals surface area contributed by atoms with E-state index in [1.807, 2.05) is 0 Å². The molecule has 1 saturated carbocycles. The van der Waals surface area contributed by atoms with Gasteiger partial charge >= 0.3 is 6.18 Å². The fourth-order valence-corrected chi connectivity index (χ4v) is 5.58. The van der Waals surface area contributed by atoms with Crippen LogP contribution in [0.3, 0.4) is 0 Å². The first-order valence-electron chi connectivity index (χ1n) is 12.4. The highest BCUT2D eigenvalue weighted by atomic mass is 35.5. The van der Waals surface area contributed by atoms with Gasteiger partial charge in [0, 0.05) is 30.4 Å². The van der Waals surface area contributed by atoms with Crippen molar-refractivity contribution in [2.45, 2.75) is 89.3 Å². The fraction of sp³-hybridized carbons (Fsp3) is 0.600. The highest BCUT2D eigenvalue weighted by Crippen LogP contribution is 2.34. The van der Waals surface area contributed by atoms with Gasteiger partial charge in [0.2, 0.25) is 17.1 Å². The maximum Gasteiger partial charge on any atom is 0.416 e. The quantitative estimate of drug-likeness (QED) is 0.493. The molecule has 0 bridgehead atoms. The summed E-state index contributed by atoms with van der Waals surface area (Å²) in [5.74, 6) is -0.259. The van der Waals surface area contributed by atoms with E-state index in [0.29, 0.717) is 25.8 Å². The Balaban J connectivity index is 1.54. The van der Waals surface area contributed by atoms with E-state index >= 15 is 0 Å². The van der Waals surface area contributed by atoms with Gasteiger partial charge in [-0.25, -0.2) is 9.97 Å². The summed E-state index contributed by atoms with van der Waals surface area (Å²) in [5, 5.41) is 9.64. The normalized spacial score (nSPS) is 25.0. The van der Waals surface area contributed by atoms with E-state index in [1.54, 1.807) is 4.90 Å². The monoisotopic (exact) mass is 540 g/mol. The van der Waals surface area contributed by atoms with Gasteiger partial charge in [-0.1, -0.05) is 0 Å². The molecule has 2 amide bonds. The molecule has 1 aromatic heterocycles. The summed E-state index contributed by atoms with van der Waals surface area (Å²) in [6.07, 6.45) is -1.84. The Kier molecular flexibility index (Phi) is 7.58. The van der Waals surface area contributed by atoms with Gasteiger partial charge in [-0.05, 0) is 76.3 Å². The molecule has 37 heavy (non-hydrogen) atoms. The zero-order chi connectivity index (χ0) is 27.1. The lowest BCUT2D eigenvalue weighted by Crippen LogP contribution is -2.59. The van der Waals surface area contributed by atoms with Crippen molar-refractivity contribution in [1.82, 2.24) is 25.5 Å². The number of nitrogens with zero attached hydrogens (tertiary/aromatic N) is 3. The fourth-order valence-electron chi connectivity index (χ4n) is 5.40. The minimum atomic E-state index is -4.54. The lowest BCUT2D eigenvalue weighted by atomic mass is 9.84. The molecule has 1 aliphatic carbocycles. The topological polar surface area (TPSA) is 99.2 Å². The number of amides is 2. The Morgan fingerprint density at radius 1 is 1.14 bits per heavy atom. The van der Waals surface area contributed by atoms with Crippen LogP contribution in [-0.4, -0.2) is 62.9 Å². The predicted molar refractivity (Wildman–Crippen MR) is 135 cm³/mol. The molecule has 12 heteroatoms. The van der Waals surface area contributed by atoms with Crippen LogP contribution in [0.25, 0.3) is 10.9 Å². The minimum absolute atomic E-state index is 0.0790. The van der Waals surface area contributed by atoms with E-state index in [0.717, 1.165) is 18.6 Å². The molecule has 1 aromatic carbocycles. The Bertz CT molecular complexity index is 1190. The third-order valence-corrected chi connectivity index (χ3v) is 6.96. The Morgan fingerprint density at radius 2 is 1.86 bits per heavy atom. The Morgan fingerprint density at radius 3 is 2.51 bits per heavy atom. The number of nitrogens with one attached hydrogen (secondary N) is 3. The SMILES string of the molecule is CC(=O)N[C@@H]1C[C@H](NC(C)(C)C)CC[C@@H]1N1CC[C@H](Nc2nc(Cl)nc3ccc(C(F)(F)F)cc23)C1=O. The third kappa shape index (κ3) is 6.43. The van der Waals surface area contributed by atoms with Crippen LogP contribution >= 0.6 is 11.6 Å². The number of carbonyl (C=O) groups is 2. The summed E-state index contributed by atoms with van der Waals surface area (Å²) in [6.45, 7) is 8.20. The second-order valence-electron chi connectivity index (χ2n) is 10.9.